The second kappa shape index (κ2) is 6.95. The lowest BCUT2D eigenvalue weighted by molar-refractivity contribution is 0.242. The van der Waals surface area contributed by atoms with Gasteiger partial charge in [0.1, 0.15) is 5.75 Å². The number of nitrogens with one attached hydrogen (secondary N) is 1. The van der Waals surface area contributed by atoms with E-state index in [1.54, 1.807) is 7.11 Å². The highest BCUT2D eigenvalue weighted by Crippen LogP contribution is 2.29. The molecular weight excluding hydrogens is 234 g/mol. The summed E-state index contributed by atoms with van der Waals surface area (Å²) in [6.07, 6.45) is 5.62. The molecule has 0 saturated heterocycles. The van der Waals surface area contributed by atoms with Gasteiger partial charge in [-0.15, -0.1) is 0 Å². The summed E-state index contributed by atoms with van der Waals surface area (Å²) in [5, 5.41) is 3.69. The van der Waals surface area contributed by atoms with E-state index in [1.807, 2.05) is 6.07 Å². The molecule has 3 atom stereocenters. The van der Waals surface area contributed by atoms with Gasteiger partial charge in [0, 0.05) is 6.04 Å². The van der Waals surface area contributed by atoms with Crippen molar-refractivity contribution in [3.05, 3.63) is 29.8 Å². The predicted octanol–water partition coefficient (Wildman–Crippen LogP) is 4.17. The van der Waals surface area contributed by atoms with Crippen LogP contribution < -0.4 is 10.1 Å². The fourth-order valence-electron chi connectivity index (χ4n) is 3.05. The van der Waals surface area contributed by atoms with Crippen LogP contribution in [0.2, 0.25) is 0 Å². The first-order valence-corrected chi connectivity index (χ1v) is 7.58. The second-order valence-electron chi connectivity index (χ2n) is 5.93. The third-order valence-corrected chi connectivity index (χ3v) is 4.57. The van der Waals surface area contributed by atoms with Crippen molar-refractivity contribution in [2.45, 2.75) is 45.6 Å². The standard InChI is InChI=1S/C17H27NO/c1-13-7-4-5-8-16(13)12-18-14(2)15-9-6-10-17(11-15)19-3/h6,9-11,13-14,16,18H,4-5,7-8,12H2,1-3H3. The highest BCUT2D eigenvalue weighted by Gasteiger charge is 2.21. The maximum absolute atomic E-state index is 5.29. The van der Waals surface area contributed by atoms with Crippen molar-refractivity contribution in [2.75, 3.05) is 13.7 Å². The first kappa shape index (κ1) is 14.4. The van der Waals surface area contributed by atoms with Gasteiger partial charge in [-0.25, -0.2) is 0 Å². The molecule has 1 aromatic carbocycles. The molecule has 0 spiro atoms. The SMILES string of the molecule is COc1cccc(C(C)NCC2CCCCC2C)c1. The van der Waals surface area contributed by atoms with E-state index in [-0.39, 0.29) is 0 Å². The monoisotopic (exact) mass is 261 g/mol. The third-order valence-electron chi connectivity index (χ3n) is 4.57. The largest absolute Gasteiger partial charge is 0.497 e. The molecule has 1 saturated carbocycles. The van der Waals surface area contributed by atoms with Gasteiger partial charge in [0.15, 0.2) is 0 Å². The number of methoxy groups -OCH3 is 1. The van der Waals surface area contributed by atoms with E-state index in [4.69, 9.17) is 4.74 Å². The Bertz CT molecular complexity index is 391. The topological polar surface area (TPSA) is 21.3 Å². The molecule has 2 nitrogen and oxygen atoms in total. The molecule has 1 aliphatic carbocycles. The van der Waals surface area contributed by atoms with Gasteiger partial charge in [0.25, 0.3) is 0 Å². The van der Waals surface area contributed by atoms with Crippen LogP contribution in [0.15, 0.2) is 24.3 Å². The van der Waals surface area contributed by atoms with E-state index in [0.29, 0.717) is 6.04 Å². The Balaban J connectivity index is 1.87. The van der Waals surface area contributed by atoms with Crippen LogP contribution in [0, 0.1) is 11.8 Å². The summed E-state index contributed by atoms with van der Waals surface area (Å²) in [6, 6.07) is 8.76. The molecule has 0 amide bonds. The lowest BCUT2D eigenvalue weighted by Gasteiger charge is -2.30. The fraction of sp³-hybridized carbons (Fsp3) is 0.647. The van der Waals surface area contributed by atoms with Gasteiger partial charge in [-0.3, -0.25) is 0 Å². The summed E-state index contributed by atoms with van der Waals surface area (Å²) >= 11 is 0. The fourth-order valence-corrected chi connectivity index (χ4v) is 3.05. The first-order valence-electron chi connectivity index (χ1n) is 7.58. The maximum atomic E-state index is 5.29. The summed E-state index contributed by atoms with van der Waals surface area (Å²) in [4.78, 5) is 0. The van der Waals surface area contributed by atoms with Gasteiger partial charge in [-0.05, 0) is 49.4 Å². The van der Waals surface area contributed by atoms with Crippen LogP contribution >= 0.6 is 0 Å². The van der Waals surface area contributed by atoms with Crippen LogP contribution in [0.25, 0.3) is 0 Å². The van der Waals surface area contributed by atoms with Crippen LogP contribution in [0.3, 0.4) is 0 Å². The summed E-state index contributed by atoms with van der Waals surface area (Å²) in [5.74, 6) is 2.66. The van der Waals surface area contributed by atoms with Gasteiger partial charge in [-0.2, -0.15) is 0 Å². The molecule has 19 heavy (non-hydrogen) atoms. The van der Waals surface area contributed by atoms with E-state index in [9.17, 15) is 0 Å². The van der Waals surface area contributed by atoms with Crippen LogP contribution in [-0.4, -0.2) is 13.7 Å². The van der Waals surface area contributed by atoms with Gasteiger partial charge in [-0.1, -0.05) is 38.3 Å². The smallest absolute Gasteiger partial charge is 0.119 e. The molecule has 2 heteroatoms. The van der Waals surface area contributed by atoms with E-state index in [1.165, 1.54) is 31.2 Å². The maximum Gasteiger partial charge on any atom is 0.119 e. The van der Waals surface area contributed by atoms with Crippen LogP contribution in [0.5, 0.6) is 5.75 Å². The molecule has 1 N–H and O–H groups in total. The lowest BCUT2D eigenvalue weighted by atomic mass is 9.80. The van der Waals surface area contributed by atoms with Crippen molar-refractivity contribution in [1.29, 1.82) is 0 Å². The van der Waals surface area contributed by atoms with Crippen molar-refractivity contribution in [3.63, 3.8) is 0 Å². The number of hydrogen-bond acceptors (Lipinski definition) is 2. The molecule has 1 aliphatic rings. The third kappa shape index (κ3) is 3.97. The van der Waals surface area contributed by atoms with E-state index < -0.39 is 0 Å². The van der Waals surface area contributed by atoms with Crippen molar-refractivity contribution >= 4 is 0 Å². The average Bonchev–Trinajstić information content (AvgIpc) is 2.46. The molecule has 1 aromatic rings. The highest BCUT2D eigenvalue weighted by molar-refractivity contribution is 5.30. The lowest BCUT2D eigenvalue weighted by Crippen LogP contribution is -2.31. The Morgan fingerprint density at radius 2 is 2.11 bits per heavy atom. The second-order valence-corrected chi connectivity index (χ2v) is 5.93. The molecule has 0 radical (unpaired) electrons. The molecule has 3 unspecified atom stereocenters. The van der Waals surface area contributed by atoms with Crippen LogP contribution in [0.4, 0.5) is 0 Å². The first-order chi connectivity index (χ1) is 9.20. The van der Waals surface area contributed by atoms with Gasteiger partial charge in [0.2, 0.25) is 0 Å². The number of ether oxygens (including phenoxy) is 1. The van der Waals surface area contributed by atoms with Gasteiger partial charge < -0.3 is 10.1 Å². The Morgan fingerprint density at radius 1 is 1.32 bits per heavy atom. The summed E-state index contributed by atoms with van der Waals surface area (Å²) in [7, 11) is 1.72. The van der Waals surface area contributed by atoms with Crippen molar-refractivity contribution in [1.82, 2.24) is 5.32 Å². The molecule has 0 aromatic heterocycles. The van der Waals surface area contributed by atoms with Gasteiger partial charge >= 0.3 is 0 Å². The molecule has 0 aliphatic heterocycles. The normalized spacial score (nSPS) is 25.0. The summed E-state index contributed by atoms with van der Waals surface area (Å²) < 4.78 is 5.29. The van der Waals surface area contributed by atoms with Gasteiger partial charge in [0.05, 0.1) is 7.11 Å². The van der Waals surface area contributed by atoms with Crippen molar-refractivity contribution in [3.8, 4) is 5.75 Å². The molecule has 1 fully saturated rings. The van der Waals surface area contributed by atoms with E-state index in [0.717, 1.165) is 24.1 Å². The predicted molar refractivity (Wildman–Crippen MR) is 80.5 cm³/mol. The van der Waals surface area contributed by atoms with E-state index in [2.05, 4.69) is 37.4 Å². The minimum atomic E-state index is 0.393. The number of benzene rings is 1. The Kier molecular flexibility index (Phi) is 5.26. The number of hydrogen-bond donors (Lipinski definition) is 1. The Labute approximate surface area is 117 Å². The van der Waals surface area contributed by atoms with E-state index >= 15 is 0 Å². The minimum Gasteiger partial charge on any atom is -0.497 e. The summed E-state index contributed by atoms with van der Waals surface area (Å²) in [6.45, 7) is 5.78. The van der Waals surface area contributed by atoms with Crippen LogP contribution in [-0.2, 0) is 0 Å². The minimum absolute atomic E-state index is 0.393. The molecule has 106 valence electrons. The average molecular weight is 261 g/mol. The molecular formula is C17H27NO. The Hall–Kier alpha value is -1.02. The zero-order valence-electron chi connectivity index (χ0n) is 12.5. The van der Waals surface area contributed by atoms with Crippen molar-refractivity contribution < 1.29 is 4.74 Å². The Morgan fingerprint density at radius 3 is 2.84 bits per heavy atom. The molecule has 0 bridgehead atoms. The summed E-state index contributed by atoms with van der Waals surface area (Å²) in [5.41, 5.74) is 1.31. The number of rotatable bonds is 5. The quantitative estimate of drug-likeness (QED) is 0.859. The zero-order valence-corrected chi connectivity index (χ0v) is 12.5. The molecule has 0 heterocycles. The zero-order chi connectivity index (χ0) is 13.7. The highest BCUT2D eigenvalue weighted by atomic mass is 16.5. The molecule has 2 rings (SSSR count). The van der Waals surface area contributed by atoms with Crippen molar-refractivity contribution in [2.24, 2.45) is 11.8 Å². The van der Waals surface area contributed by atoms with Crippen LogP contribution in [0.1, 0.15) is 51.1 Å².